The van der Waals surface area contributed by atoms with Crippen LogP contribution in [0.5, 0.6) is 5.75 Å². The predicted octanol–water partition coefficient (Wildman–Crippen LogP) is 2.72. The highest BCUT2D eigenvalue weighted by atomic mass is 19.4. The van der Waals surface area contributed by atoms with E-state index in [1.54, 1.807) is 6.07 Å². The van der Waals surface area contributed by atoms with Gasteiger partial charge in [0.15, 0.2) is 11.6 Å². The van der Waals surface area contributed by atoms with Gasteiger partial charge in [-0.15, -0.1) is 0 Å². The van der Waals surface area contributed by atoms with Crippen LogP contribution in [0.1, 0.15) is 18.4 Å². The summed E-state index contributed by atoms with van der Waals surface area (Å²) in [6.07, 6.45) is -3.15. The number of likely N-dealkylation sites (tertiary alicyclic amines) is 1. The average Bonchev–Trinajstić information content (AvgIpc) is 2.52. The van der Waals surface area contributed by atoms with Gasteiger partial charge in [0, 0.05) is 13.1 Å². The molecule has 1 heterocycles. The van der Waals surface area contributed by atoms with Crippen molar-refractivity contribution in [3.63, 3.8) is 0 Å². The predicted molar refractivity (Wildman–Crippen MR) is 80.0 cm³/mol. The lowest BCUT2D eigenvalue weighted by atomic mass is 9.96. The molecule has 8 heteroatoms. The summed E-state index contributed by atoms with van der Waals surface area (Å²) < 4.78 is 55.1. The zero-order valence-electron chi connectivity index (χ0n) is 13.3. The molecule has 1 fully saturated rings. The lowest BCUT2D eigenvalue weighted by Crippen LogP contribution is -2.44. The Labute approximate surface area is 137 Å². The quantitative estimate of drug-likeness (QED) is 0.832. The van der Waals surface area contributed by atoms with Gasteiger partial charge in [-0.05, 0) is 37.1 Å². The van der Waals surface area contributed by atoms with E-state index in [1.165, 1.54) is 19.2 Å². The first-order chi connectivity index (χ1) is 11.3. The van der Waals surface area contributed by atoms with E-state index in [-0.39, 0.29) is 5.75 Å². The molecule has 1 aliphatic heterocycles. The van der Waals surface area contributed by atoms with Crippen molar-refractivity contribution < 1.29 is 27.1 Å². The zero-order chi connectivity index (χ0) is 17.7. The number of alkyl halides is 3. The SMILES string of the molecule is COc1ccc(CN2CCCC(C(=O)NCC(F)(F)F)C2)cc1F. The maximum Gasteiger partial charge on any atom is 0.405 e. The van der Waals surface area contributed by atoms with Gasteiger partial charge >= 0.3 is 6.18 Å². The summed E-state index contributed by atoms with van der Waals surface area (Å²) in [4.78, 5) is 13.8. The Kier molecular flexibility index (Phi) is 6.04. The highest BCUT2D eigenvalue weighted by Crippen LogP contribution is 2.22. The minimum atomic E-state index is -4.41. The molecule has 2 rings (SSSR count). The van der Waals surface area contributed by atoms with E-state index in [9.17, 15) is 22.4 Å². The summed E-state index contributed by atoms with van der Waals surface area (Å²) in [6, 6.07) is 4.63. The van der Waals surface area contributed by atoms with Crippen LogP contribution in [0.15, 0.2) is 18.2 Å². The van der Waals surface area contributed by atoms with Crippen LogP contribution in [0.25, 0.3) is 0 Å². The molecule has 1 amide bonds. The average molecular weight is 348 g/mol. The Hall–Kier alpha value is -1.83. The fraction of sp³-hybridized carbons (Fsp3) is 0.562. The first-order valence-corrected chi connectivity index (χ1v) is 7.67. The Bertz CT molecular complexity index is 578. The van der Waals surface area contributed by atoms with Crippen LogP contribution in [0, 0.1) is 11.7 Å². The molecule has 0 aromatic heterocycles. The number of halogens is 4. The van der Waals surface area contributed by atoms with Gasteiger partial charge in [-0.2, -0.15) is 13.2 Å². The molecule has 1 aliphatic rings. The Morgan fingerprint density at radius 2 is 2.17 bits per heavy atom. The number of benzene rings is 1. The van der Waals surface area contributed by atoms with Gasteiger partial charge in [0.1, 0.15) is 6.54 Å². The molecular weight excluding hydrogens is 328 g/mol. The number of rotatable bonds is 5. The Balaban J connectivity index is 1.91. The molecule has 0 aliphatic carbocycles. The van der Waals surface area contributed by atoms with E-state index in [0.29, 0.717) is 25.9 Å². The van der Waals surface area contributed by atoms with Crippen LogP contribution in [-0.2, 0) is 11.3 Å². The van der Waals surface area contributed by atoms with E-state index in [1.807, 2.05) is 10.2 Å². The highest BCUT2D eigenvalue weighted by Gasteiger charge is 2.31. The van der Waals surface area contributed by atoms with Crippen molar-refractivity contribution in [3.05, 3.63) is 29.6 Å². The van der Waals surface area contributed by atoms with Gasteiger partial charge in [0.2, 0.25) is 5.91 Å². The summed E-state index contributed by atoms with van der Waals surface area (Å²) in [5.41, 5.74) is 0.727. The third kappa shape index (κ3) is 5.36. The van der Waals surface area contributed by atoms with Crippen molar-refractivity contribution in [1.82, 2.24) is 10.2 Å². The summed E-state index contributed by atoms with van der Waals surface area (Å²) in [5.74, 6) is -1.38. The number of carbonyl (C=O) groups is 1. The van der Waals surface area contributed by atoms with Crippen molar-refractivity contribution >= 4 is 5.91 Å². The van der Waals surface area contributed by atoms with Crippen molar-refractivity contribution in [1.29, 1.82) is 0 Å². The largest absolute Gasteiger partial charge is 0.494 e. The van der Waals surface area contributed by atoms with Crippen molar-refractivity contribution in [3.8, 4) is 5.75 Å². The summed E-state index contributed by atoms with van der Waals surface area (Å²) in [5, 5.41) is 1.93. The molecular formula is C16H20F4N2O2. The van der Waals surface area contributed by atoms with Crippen LogP contribution in [0.4, 0.5) is 17.6 Å². The van der Waals surface area contributed by atoms with Gasteiger partial charge in [-0.3, -0.25) is 9.69 Å². The number of nitrogens with one attached hydrogen (secondary N) is 1. The number of hydrogen-bond acceptors (Lipinski definition) is 3. The molecule has 1 N–H and O–H groups in total. The maximum absolute atomic E-state index is 13.7. The smallest absolute Gasteiger partial charge is 0.405 e. The van der Waals surface area contributed by atoms with Crippen molar-refractivity contribution in [2.75, 3.05) is 26.7 Å². The van der Waals surface area contributed by atoms with Gasteiger partial charge in [-0.1, -0.05) is 6.07 Å². The summed E-state index contributed by atoms with van der Waals surface area (Å²) in [7, 11) is 1.38. The molecule has 0 spiro atoms. The molecule has 0 saturated carbocycles. The number of methoxy groups -OCH3 is 1. The van der Waals surface area contributed by atoms with Crippen LogP contribution in [-0.4, -0.2) is 43.7 Å². The van der Waals surface area contributed by atoms with Crippen LogP contribution >= 0.6 is 0 Å². The van der Waals surface area contributed by atoms with Crippen LogP contribution in [0.2, 0.25) is 0 Å². The van der Waals surface area contributed by atoms with Crippen LogP contribution < -0.4 is 10.1 Å². The van der Waals surface area contributed by atoms with Crippen molar-refractivity contribution in [2.24, 2.45) is 5.92 Å². The Morgan fingerprint density at radius 3 is 2.79 bits per heavy atom. The third-order valence-corrected chi connectivity index (χ3v) is 3.96. The minimum absolute atomic E-state index is 0.154. The highest BCUT2D eigenvalue weighted by molar-refractivity contribution is 5.79. The monoisotopic (exact) mass is 348 g/mol. The normalized spacial score (nSPS) is 19.1. The standard InChI is InChI=1S/C16H20F4N2O2/c1-24-14-5-4-11(7-13(14)17)8-22-6-2-3-12(9-22)15(23)21-10-16(18,19)20/h4-5,7,12H,2-3,6,8-10H2,1H3,(H,21,23). The van der Waals surface area contributed by atoms with E-state index in [4.69, 9.17) is 4.74 Å². The Morgan fingerprint density at radius 1 is 1.42 bits per heavy atom. The number of nitrogens with zero attached hydrogens (tertiary/aromatic N) is 1. The molecule has 24 heavy (non-hydrogen) atoms. The van der Waals surface area contributed by atoms with Crippen LogP contribution in [0.3, 0.4) is 0 Å². The van der Waals surface area contributed by atoms with E-state index < -0.39 is 30.4 Å². The number of amides is 1. The zero-order valence-corrected chi connectivity index (χ0v) is 13.3. The third-order valence-electron chi connectivity index (χ3n) is 3.96. The number of hydrogen-bond donors (Lipinski definition) is 1. The molecule has 0 radical (unpaired) electrons. The summed E-state index contributed by atoms with van der Waals surface area (Å²) in [6.45, 7) is 0.198. The maximum atomic E-state index is 13.7. The molecule has 1 aromatic rings. The topological polar surface area (TPSA) is 41.6 Å². The number of carbonyl (C=O) groups excluding carboxylic acids is 1. The van der Waals surface area contributed by atoms with Crippen molar-refractivity contribution in [2.45, 2.75) is 25.6 Å². The second-order valence-electron chi connectivity index (χ2n) is 5.88. The van der Waals surface area contributed by atoms with Gasteiger partial charge in [0.25, 0.3) is 0 Å². The molecule has 4 nitrogen and oxygen atoms in total. The first-order valence-electron chi connectivity index (χ1n) is 7.67. The van der Waals surface area contributed by atoms with Gasteiger partial charge in [0.05, 0.1) is 13.0 Å². The molecule has 1 aromatic carbocycles. The lowest BCUT2D eigenvalue weighted by molar-refractivity contribution is -0.141. The summed E-state index contributed by atoms with van der Waals surface area (Å²) >= 11 is 0. The fourth-order valence-electron chi connectivity index (χ4n) is 2.81. The molecule has 0 bridgehead atoms. The number of piperidine rings is 1. The number of ether oxygens (including phenoxy) is 1. The molecule has 1 atom stereocenters. The van der Waals surface area contributed by atoms with E-state index in [2.05, 4.69) is 0 Å². The molecule has 134 valence electrons. The van der Waals surface area contributed by atoms with E-state index in [0.717, 1.165) is 12.1 Å². The lowest BCUT2D eigenvalue weighted by Gasteiger charge is -2.32. The fourth-order valence-corrected chi connectivity index (χ4v) is 2.81. The van der Waals surface area contributed by atoms with E-state index >= 15 is 0 Å². The van der Waals surface area contributed by atoms with Gasteiger partial charge in [-0.25, -0.2) is 4.39 Å². The second-order valence-corrected chi connectivity index (χ2v) is 5.88. The second kappa shape index (κ2) is 7.83. The van der Waals surface area contributed by atoms with Gasteiger partial charge < -0.3 is 10.1 Å². The first kappa shape index (κ1) is 18.5. The molecule has 1 saturated heterocycles. The molecule has 1 unspecified atom stereocenters. The minimum Gasteiger partial charge on any atom is -0.494 e.